The predicted octanol–water partition coefficient (Wildman–Crippen LogP) is 3.51. The summed E-state index contributed by atoms with van der Waals surface area (Å²) in [7, 11) is 0. The Labute approximate surface area is 162 Å². The third kappa shape index (κ3) is 2.92. The van der Waals surface area contributed by atoms with E-state index in [1.807, 2.05) is 48.7 Å². The number of hydrogen-bond donors (Lipinski definition) is 2. The molecular formula is C22H21N5O. The molecule has 3 aromatic heterocycles. The second kappa shape index (κ2) is 6.73. The number of nitrogens with zero attached hydrogens (tertiary/aromatic N) is 4. The summed E-state index contributed by atoms with van der Waals surface area (Å²) in [6.45, 7) is 1.45. The molecule has 140 valence electrons. The van der Waals surface area contributed by atoms with Gasteiger partial charge in [-0.15, -0.1) is 0 Å². The Hall–Kier alpha value is -3.25. The van der Waals surface area contributed by atoms with Crippen molar-refractivity contribution in [3.05, 3.63) is 72.7 Å². The molecule has 4 heterocycles. The Morgan fingerprint density at radius 2 is 1.75 bits per heavy atom. The molecular weight excluding hydrogens is 350 g/mol. The van der Waals surface area contributed by atoms with Crippen molar-refractivity contribution >= 4 is 16.7 Å². The number of anilines is 1. The quantitative estimate of drug-likeness (QED) is 0.576. The number of aromatic amines is 1. The van der Waals surface area contributed by atoms with Crippen LogP contribution >= 0.6 is 0 Å². The van der Waals surface area contributed by atoms with E-state index >= 15 is 0 Å². The van der Waals surface area contributed by atoms with E-state index < -0.39 is 5.60 Å². The van der Waals surface area contributed by atoms with Crippen molar-refractivity contribution in [3.8, 4) is 11.3 Å². The molecule has 5 rings (SSSR count). The van der Waals surface area contributed by atoms with Gasteiger partial charge in [0.05, 0.1) is 11.2 Å². The SMILES string of the molecule is OC1(c2ccccn2)CCN(c2cc(-c3n[nH]c4ccccc34)ccn2)CC1. The van der Waals surface area contributed by atoms with Crippen LogP contribution in [-0.4, -0.2) is 38.4 Å². The molecule has 0 aliphatic carbocycles. The number of fused-ring (bicyclic) bond motifs is 1. The summed E-state index contributed by atoms with van der Waals surface area (Å²) in [4.78, 5) is 11.1. The maximum Gasteiger partial charge on any atom is 0.129 e. The Morgan fingerprint density at radius 1 is 0.929 bits per heavy atom. The van der Waals surface area contributed by atoms with Crippen LogP contribution in [-0.2, 0) is 5.60 Å². The number of aromatic nitrogens is 4. The van der Waals surface area contributed by atoms with Gasteiger partial charge in [0.2, 0.25) is 0 Å². The van der Waals surface area contributed by atoms with Crippen LogP contribution in [0.5, 0.6) is 0 Å². The Bertz CT molecular complexity index is 1100. The highest BCUT2D eigenvalue weighted by molar-refractivity contribution is 5.93. The van der Waals surface area contributed by atoms with Gasteiger partial charge in [-0.25, -0.2) is 4.98 Å². The largest absolute Gasteiger partial charge is 0.383 e. The minimum absolute atomic E-state index is 0.626. The number of hydrogen-bond acceptors (Lipinski definition) is 5. The van der Waals surface area contributed by atoms with Gasteiger partial charge < -0.3 is 10.0 Å². The number of pyridine rings is 2. The lowest BCUT2D eigenvalue weighted by Gasteiger charge is -2.38. The molecule has 6 heteroatoms. The summed E-state index contributed by atoms with van der Waals surface area (Å²) in [6.07, 6.45) is 4.81. The molecule has 28 heavy (non-hydrogen) atoms. The van der Waals surface area contributed by atoms with Crippen LogP contribution in [0.15, 0.2) is 67.0 Å². The topological polar surface area (TPSA) is 77.9 Å². The Kier molecular flexibility index (Phi) is 4.06. The molecule has 1 fully saturated rings. The van der Waals surface area contributed by atoms with Gasteiger partial charge in [-0.05, 0) is 43.2 Å². The van der Waals surface area contributed by atoms with E-state index in [2.05, 4.69) is 37.2 Å². The normalized spacial score (nSPS) is 16.4. The molecule has 1 aliphatic heterocycles. The highest BCUT2D eigenvalue weighted by atomic mass is 16.3. The van der Waals surface area contributed by atoms with E-state index in [0.717, 1.165) is 46.8 Å². The molecule has 0 saturated carbocycles. The fourth-order valence-corrected chi connectivity index (χ4v) is 3.92. The lowest BCUT2D eigenvalue weighted by molar-refractivity contribution is 0.00750. The minimum atomic E-state index is -0.867. The molecule has 0 radical (unpaired) electrons. The molecule has 0 atom stereocenters. The van der Waals surface area contributed by atoms with Gasteiger partial charge in [0.15, 0.2) is 0 Å². The first-order chi connectivity index (χ1) is 13.7. The van der Waals surface area contributed by atoms with E-state index in [1.54, 1.807) is 6.20 Å². The number of piperidine rings is 1. The number of benzene rings is 1. The molecule has 0 bridgehead atoms. The van der Waals surface area contributed by atoms with Crippen LogP contribution in [0.3, 0.4) is 0 Å². The van der Waals surface area contributed by atoms with Gasteiger partial charge in [0.25, 0.3) is 0 Å². The molecule has 4 aromatic rings. The van der Waals surface area contributed by atoms with E-state index in [1.165, 1.54) is 0 Å². The molecule has 0 unspecified atom stereocenters. The Balaban J connectivity index is 1.39. The third-order valence-corrected chi connectivity index (χ3v) is 5.55. The number of para-hydroxylation sites is 1. The van der Waals surface area contributed by atoms with Crippen molar-refractivity contribution in [2.24, 2.45) is 0 Å². The van der Waals surface area contributed by atoms with Crippen LogP contribution < -0.4 is 4.90 Å². The molecule has 1 saturated heterocycles. The van der Waals surface area contributed by atoms with Crippen molar-refractivity contribution in [1.82, 2.24) is 20.2 Å². The molecule has 2 N–H and O–H groups in total. The van der Waals surface area contributed by atoms with Crippen molar-refractivity contribution in [2.75, 3.05) is 18.0 Å². The van der Waals surface area contributed by atoms with E-state index in [-0.39, 0.29) is 0 Å². The first-order valence-corrected chi connectivity index (χ1v) is 9.51. The second-order valence-corrected chi connectivity index (χ2v) is 7.25. The van der Waals surface area contributed by atoms with Crippen molar-refractivity contribution in [2.45, 2.75) is 18.4 Å². The highest BCUT2D eigenvalue weighted by Crippen LogP contribution is 2.34. The van der Waals surface area contributed by atoms with E-state index in [9.17, 15) is 5.11 Å². The highest BCUT2D eigenvalue weighted by Gasteiger charge is 2.35. The maximum absolute atomic E-state index is 11.0. The van der Waals surface area contributed by atoms with Gasteiger partial charge in [-0.3, -0.25) is 10.1 Å². The summed E-state index contributed by atoms with van der Waals surface area (Å²) in [6, 6.07) is 17.9. The number of aliphatic hydroxyl groups is 1. The number of nitrogens with one attached hydrogen (secondary N) is 1. The van der Waals surface area contributed by atoms with Gasteiger partial charge in [-0.2, -0.15) is 5.10 Å². The fraction of sp³-hybridized carbons (Fsp3) is 0.227. The van der Waals surface area contributed by atoms with Crippen molar-refractivity contribution in [3.63, 3.8) is 0 Å². The standard InChI is InChI=1S/C22H21N5O/c28-22(19-7-3-4-11-23-19)9-13-27(14-10-22)20-15-16(8-12-24-20)21-17-5-1-2-6-18(17)25-26-21/h1-8,11-12,15,28H,9-10,13-14H2,(H,25,26). The summed E-state index contributed by atoms with van der Waals surface area (Å²) in [5.41, 5.74) is 2.87. The van der Waals surface area contributed by atoms with Crippen molar-refractivity contribution in [1.29, 1.82) is 0 Å². The van der Waals surface area contributed by atoms with Crippen LogP contribution in [0.2, 0.25) is 0 Å². The number of H-pyrrole nitrogens is 1. The molecule has 1 aliphatic rings. The third-order valence-electron chi connectivity index (χ3n) is 5.55. The lowest BCUT2D eigenvalue weighted by Crippen LogP contribution is -2.43. The summed E-state index contributed by atoms with van der Waals surface area (Å²) < 4.78 is 0. The van der Waals surface area contributed by atoms with Crippen LogP contribution in [0.1, 0.15) is 18.5 Å². The van der Waals surface area contributed by atoms with E-state index in [0.29, 0.717) is 12.8 Å². The number of rotatable bonds is 3. The molecule has 1 aromatic carbocycles. The maximum atomic E-state index is 11.0. The second-order valence-electron chi connectivity index (χ2n) is 7.25. The van der Waals surface area contributed by atoms with E-state index in [4.69, 9.17) is 0 Å². The van der Waals surface area contributed by atoms with Gasteiger partial charge >= 0.3 is 0 Å². The van der Waals surface area contributed by atoms with Gasteiger partial charge in [0.1, 0.15) is 17.1 Å². The Morgan fingerprint density at radius 3 is 2.57 bits per heavy atom. The zero-order chi connectivity index (χ0) is 19.0. The van der Waals surface area contributed by atoms with Gasteiger partial charge in [-0.1, -0.05) is 24.3 Å². The zero-order valence-corrected chi connectivity index (χ0v) is 15.4. The summed E-state index contributed by atoms with van der Waals surface area (Å²) >= 11 is 0. The average molecular weight is 371 g/mol. The smallest absolute Gasteiger partial charge is 0.129 e. The summed E-state index contributed by atoms with van der Waals surface area (Å²) in [5, 5.41) is 19.7. The van der Waals surface area contributed by atoms with Crippen LogP contribution in [0.4, 0.5) is 5.82 Å². The summed E-state index contributed by atoms with van der Waals surface area (Å²) in [5.74, 6) is 0.910. The molecule has 6 nitrogen and oxygen atoms in total. The van der Waals surface area contributed by atoms with Gasteiger partial charge in [0, 0.05) is 36.4 Å². The molecule has 0 amide bonds. The first kappa shape index (κ1) is 16.9. The fourth-order valence-electron chi connectivity index (χ4n) is 3.92. The molecule has 0 spiro atoms. The first-order valence-electron chi connectivity index (χ1n) is 9.51. The predicted molar refractivity (Wildman–Crippen MR) is 109 cm³/mol. The zero-order valence-electron chi connectivity index (χ0n) is 15.4. The minimum Gasteiger partial charge on any atom is -0.383 e. The monoisotopic (exact) mass is 371 g/mol. The van der Waals surface area contributed by atoms with Crippen molar-refractivity contribution < 1.29 is 5.11 Å². The van der Waals surface area contributed by atoms with Crippen LogP contribution in [0, 0.1) is 0 Å². The average Bonchev–Trinajstić information content (AvgIpc) is 3.19. The lowest BCUT2D eigenvalue weighted by atomic mass is 9.87. The van der Waals surface area contributed by atoms with Crippen LogP contribution in [0.25, 0.3) is 22.2 Å².